The van der Waals surface area contributed by atoms with Gasteiger partial charge in [-0.3, -0.25) is 4.79 Å². The molecule has 1 aliphatic rings. The quantitative estimate of drug-likeness (QED) is 0.533. The van der Waals surface area contributed by atoms with E-state index in [0.29, 0.717) is 30.1 Å². The molecule has 142 valence electrons. The first-order valence-corrected chi connectivity index (χ1v) is 9.26. The Labute approximate surface area is 161 Å². The van der Waals surface area contributed by atoms with Crippen LogP contribution in [-0.2, 0) is 0 Å². The van der Waals surface area contributed by atoms with Crippen LogP contribution in [0.3, 0.4) is 0 Å². The first-order valence-electron chi connectivity index (χ1n) is 9.26. The number of hydrogen-bond acceptors (Lipinski definition) is 5. The van der Waals surface area contributed by atoms with Crippen LogP contribution in [-0.4, -0.2) is 44.8 Å². The second kappa shape index (κ2) is 6.26. The van der Waals surface area contributed by atoms with E-state index in [1.54, 1.807) is 10.7 Å². The van der Waals surface area contributed by atoms with Gasteiger partial charge in [0.15, 0.2) is 5.65 Å². The van der Waals surface area contributed by atoms with Gasteiger partial charge >= 0.3 is 0 Å². The molecule has 1 aromatic carbocycles. The Balaban J connectivity index is 1.80. The molecule has 8 heteroatoms. The minimum atomic E-state index is -0.192. The zero-order valence-corrected chi connectivity index (χ0v) is 15.6. The Morgan fingerprint density at radius 3 is 3.04 bits per heavy atom. The Bertz CT molecular complexity index is 1210. The van der Waals surface area contributed by atoms with Crippen molar-refractivity contribution in [2.75, 3.05) is 19.0 Å². The van der Waals surface area contributed by atoms with Crippen molar-refractivity contribution in [2.45, 2.75) is 19.4 Å². The lowest BCUT2D eigenvalue weighted by Gasteiger charge is -2.16. The van der Waals surface area contributed by atoms with Crippen LogP contribution in [0.25, 0.3) is 22.4 Å². The number of hydrogen-bond donors (Lipinski definition) is 2. The summed E-state index contributed by atoms with van der Waals surface area (Å²) in [4.78, 5) is 17.6. The van der Waals surface area contributed by atoms with Crippen LogP contribution >= 0.6 is 0 Å². The molecule has 2 N–H and O–H groups in total. The molecule has 0 fully saturated rings. The van der Waals surface area contributed by atoms with Gasteiger partial charge in [0.25, 0.3) is 5.91 Å². The van der Waals surface area contributed by atoms with E-state index >= 15 is 0 Å². The lowest BCUT2D eigenvalue weighted by Crippen LogP contribution is -2.33. The van der Waals surface area contributed by atoms with Crippen LogP contribution < -0.4 is 15.4 Å². The van der Waals surface area contributed by atoms with Crippen molar-refractivity contribution in [1.82, 2.24) is 24.5 Å². The Kier molecular flexibility index (Phi) is 3.71. The van der Waals surface area contributed by atoms with E-state index in [1.165, 1.54) is 0 Å². The Hall–Kier alpha value is -3.55. The van der Waals surface area contributed by atoms with Crippen LogP contribution in [0, 0.1) is 0 Å². The lowest BCUT2D eigenvalue weighted by molar-refractivity contribution is 0.0936. The summed E-state index contributed by atoms with van der Waals surface area (Å²) in [5, 5.41) is 11.6. The molecular formula is C20H20N6O2. The van der Waals surface area contributed by atoms with E-state index in [0.717, 1.165) is 22.5 Å². The maximum absolute atomic E-state index is 12.8. The molecule has 3 aromatic heterocycles. The first kappa shape index (κ1) is 16.6. The van der Waals surface area contributed by atoms with Crippen LogP contribution in [0.2, 0.25) is 0 Å². The van der Waals surface area contributed by atoms with E-state index in [4.69, 9.17) is 9.72 Å². The highest BCUT2D eigenvalue weighted by Gasteiger charge is 2.20. The number of rotatable bonds is 1. The molecule has 0 saturated heterocycles. The van der Waals surface area contributed by atoms with Crippen molar-refractivity contribution in [2.24, 2.45) is 0 Å². The molecule has 4 bridgehead atoms. The molecule has 5 rings (SSSR count). The van der Waals surface area contributed by atoms with Gasteiger partial charge < -0.3 is 19.9 Å². The number of anilines is 1. The molecule has 0 radical (unpaired) electrons. The highest BCUT2D eigenvalue weighted by Crippen LogP contribution is 2.27. The molecule has 28 heavy (non-hydrogen) atoms. The largest absolute Gasteiger partial charge is 0.493 e. The van der Waals surface area contributed by atoms with Crippen LogP contribution in [0.4, 0.5) is 5.82 Å². The maximum atomic E-state index is 12.8. The van der Waals surface area contributed by atoms with Gasteiger partial charge in [0, 0.05) is 43.2 Å². The van der Waals surface area contributed by atoms with Gasteiger partial charge in [0.2, 0.25) is 0 Å². The number of nitrogens with zero attached hydrogens (tertiary/aromatic N) is 4. The van der Waals surface area contributed by atoms with Gasteiger partial charge in [0.1, 0.15) is 22.9 Å². The number of carbonyl (C=O) groups excluding carboxylic acids is 1. The van der Waals surface area contributed by atoms with Gasteiger partial charge in [-0.1, -0.05) is 0 Å². The Morgan fingerprint density at radius 2 is 2.18 bits per heavy atom. The zero-order valence-electron chi connectivity index (χ0n) is 15.6. The number of aromatic nitrogens is 4. The van der Waals surface area contributed by atoms with E-state index in [-0.39, 0.29) is 11.9 Å². The van der Waals surface area contributed by atoms with Crippen molar-refractivity contribution in [3.63, 3.8) is 0 Å². The molecule has 0 saturated carbocycles. The van der Waals surface area contributed by atoms with E-state index in [9.17, 15) is 4.79 Å². The smallest absolute Gasteiger partial charge is 0.256 e. The summed E-state index contributed by atoms with van der Waals surface area (Å²) < 4.78 is 9.56. The molecular weight excluding hydrogens is 356 g/mol. The number of benzene rings is 1. The molecule has 4 heterocycles. The number of carbonyl (C=O) groups is 1. The van der Waals surface area contributed by atoms with Gasteiger partial charge in [0.05, 0.1) is 18.3 Å². The molecule has 4 aromatic rings. The number of nitrogens with one attached hydrogen (secondary N) is 2. The third-order valence-electron chi connectivity index (χ3n) is 5.07. The molecule has 1 aliphatic heterocycles. The van der Waals surface area contributed by atoms with Crippen molar-refractivity contribution >= 4 is 28.3 Å². The highest BCUT2D eigenvalue weighted by atomic mass is 16.5. The summed E-state index contributed by atoms with van der Waals surface area (Å²) in [6.07, 6.45) is 4.23. The van der Waals surface area contributed by atoms with Crippen molar-refractivity contribution in [1.29, 1.82) is 0 Å². The molecule has 1 amide bonds. The zero-order chi connectivity index (χ0) is 19.3. The summed E-state index contributed by atoms with van der Waals surface area (Å²) in [5.41, 5.74) is 1.95. The molecule has 1 atom stereocenters. The van der Waals surface area contributed by atoms with Crippen molar-refractivity contribution < 1.29 is 9.53 Å². The first-order chi connectivity index (χ1) is 13.6. The molecule has 0 unspecified atom stereocenters. The predicted molar refractivity (Wildman–Crippen MR) is 106 cm³/mol. The third-order valence-corrected chi connectivity index (χ3v) is 5.07. The van der Waals surface area contributed by atoms with E-state index < -0.39 is 0 Å². The summed E-state index contributed by atoms with van der Waals surface area (Å²) in [6, 6.07) is 9.93. The summed E-state index contributed by atoms with van der Waals surface area (Å²) in [5.74, 6) is 2.04. The van der Waals surface area contributed by atoms with Crippen LogP contribution in [0.1, 0.15) is 23.7 Å². The highest BCUT2D eigenvalue weighted by molar-refractivity contribution is 6.00. The second-order valence-electron chi connectivity index (χ2n) is 6.96. The normalized spacial score (nSPS) is 16.9. The fourth-order valence-electron chi connectivity index (χ4n) is 3.54. The summed E-state index contributed by atoms with van der Waals surface area (Å²) in [7, 11) is 1.82. The minimum absolute atomic E-state index is 0.0371. The summed E-state index contributed by atoms with van der Waals surface area (Å²) in [6.45, 7) is 2.48. The monoisotopic (exact) mass is 376 g/mol. The van der Waals surface area contributed by atoms with Crippen molar-refractivity contribution in [3.05, 3.63) is 48.3 Å². The fraction of sp³-hybridized carbons (Fsp3) is 0.250. The minimum Gasteiger partial charge on any atom is -0.493 e. The second-order valence-corrected chi connectivity index (χ2v) is 6.96. The summed E-state index contributed by atoms with van der Waals surface area (Å²) >= 11 is 0. The lowest BCUT2D eigenvalue weighted by atomic mass is 10.2. The van der Waals surface area contributed by atoms with Crippen LogP contribution in [0.15, 0.2) is 42.7 Å². The van der Waals surface area contributed by atoms with Gasteiger partial charge in [-0.15, -0.1) is 0 Å². The molecule has 0 aliphatic carbocycles. The molecule has 0 spiro atoms. The SMILES string of the molecule is CNc1cc2nc3c(cnn13)C(=O)N[C@H](C)CCOc1ccc3ccn-2c3c1. The van der Waals surface area contributed by atoms with Crippen molar-refractivity contribution in [3.8, 4) is 11.6 Å². The number of fused-ring (bicyclic) bond motifs is 3. The number of amides is 1. The number of ether oxygens (including phenoxy) is 1. The van der Waals surface area contributed by atoms with Gasteiger partial charge in [-0.05, 0) is 25.1 Å². The average Bonchev–Trinajstić information content (AvgIpc) is 3.30. The van der Waals surface area contributed by atoms with Gasteiger partial charge in [-0.2, -0.15) is 9.61 Å². The fourth-order valence-corrected chi connectivity index (χ4v) is 3.54. The average molecular weight is 376 g/mol. The third kappa shape index (κ3) is 2.57. The van der Waals surface area contributed by atoms with E-state index in [2.05, 4.69) is 15.7 Å². The van der Waals surface area contributed by atoms with Gasteiger partial charge in [-0.25, -0.2) is 4.98 Å². The maximum Gasteiger partial charge on any atom is 0.256 e. The topological polar surface area (TPSA) is 85.5 Å². The Morgan fingerprint density at radius 1 is 1.29 bits per heavy atom. The van der Waals surface area contributed by atoms with E-state index in [1.807, 2.05) is 55.1 Å². The standard InChI is InChI=1S/C20H20N6O2/c1-12-6-8-28-14-4-3-13-5-7-25(16(13)9-14)18-10-17(21-2)26-19(24-18)15(11-22-26)20(27)23-12/h3-5,7,9-12,21H,6,8H2,1-2H3,(H,23,27)/t12-/m1/s1. The molecule has 8 nitrogen and oxygen atoms in total. The van der Waals surface area contributed by atoms with Crippen LogP contribution in [0.5, 0.6) is 5.75 Å². The predicted octanol–water partition coefficient (Wildman–Crippen LogP) is 2.62.